The molecule has 1 heterocycles. The van der Waals surface area contributed by atoms with E-state index in [1.165, 1.54) is 17.3 Å². The number of amides is 1. The van der Waals surface area contributed by atoms with Crippen molar-refractivity contribution >= 4 is 51.9 Å². The first-order valence-corrected chi connectivity index (χ1v) is 11.5. The largest absolute Gasteiger partial charge is 0.493 e. The zero-order chi connectivity index (χ0) is 22.4. The Kier molecular flexibility index (Phi) is 8.23. The number of benzene rings is 2. The van der Waals surface area contributed by atoms with Gasteiger partial charge >= 0.3 is 0 Å². The van der Waals surface area contributed by atoms with Gasteiger partial charge in [0.05, 0.1) is 29.7 Å². The first kappa shape index (κ1) is 23.4. The number of carbonyl (C=O) groups is 1. The van der Waals surface area contributed by atoms with Gasteiger partial charge in [0, 0.05) is 6.42 Å². The Morgan fingerprint density at radius 3 is 2.61 bits per heavy atom. The van der Waals surface area contributed by atoms with Gasteiger partial charge in [-0.3, -0.25) is 4.79 Å². The summed E-state index contributed by atoms with van der Waals surface area (Å²) in [5.41, 5.74) is 3.08. The van der Waals surface area contributed by atoms with Crippen molar-refractivity contribution in [1.82, 2.24) is 5.32 Å². The minimum absolute atomic E-state index is 0.215. The van der Waals surface area contributed by atoms with E-state index in [0.717, 1.165) is 16.9 Å². The van der Waals surface area contributed by atoms with Crippen molar-refractivity contribution in [3.8, 4) is 17.2 Å². The number of rotatable bonds is 9. The van der Waals surface area contributed by atoms with Gasteiger partial charge in [-0.25, -0.2) is 0 Å². The van der Waals surface area contributed by atoms with Gasteiger partial charge in [0.2, 0.25) is 0 Å². The smallest absolute Gasteiger partial charge is 0.263 e. The number of ether oxygens (including phenoxy) is 3. The van der Waals surface area contributed by atoms with E-state index in [0.29, 0.717) is 52.0 Å². The SMILES string of the molecule is CCOc1cc(/C=C2/SC(=S)NC2=O)cc(Cl)c1OCCCOc1cccc(C)c1C. The maximum Gasteiger partial charge on any atom is 0.263 e. The van der Waals surface area contributed by atoms with Crippen molar-refractivity contribution in [2.45, 2.75) is 27.2 Å². The highest BCUT2D eigenvalue weighted by atomic mass is 35.5. The molecule has 164 valence electrons. The molecule has 0 aliphatic carbocycles. The third-order valence-electron chi connectivity index (χ3n) is 4.62. The van der Waals surface area contributed by atoms with Crippen molar-refractivity contribution < 1.29 is 19.0 Å². The second-order valence-corrected chi connectivity index (χ2v) is 8.99. The van der Waals surface area contributed by atoms with Crippen molar-refractivity contribution in [2.24, 2.45) is 0 Å². The third kappa shape index (κ3) is 6.15. The van der Waals surface area contributed by atoms with Crippen LogP contribution in [0, 0.1) is 13.8 Å². The van der Waals surface area contributed by atoms with Crippen LogP contribution in [0.1, 0.15) is 30.0 Å². The molecule has 1 fully saturated rings. The molecule has 0 bridgehead atoms. The fourth-order valence-electron chi connectivity index (χ4n) is 2.94. The Bertz CT molecular complexity index is 1020. The predicted molar refractivity (Wildman–Crippen MR) is 130 cm³/mol. The summed E-state index contributed by atoms with van der Waals surface area (Å²) in [5.74, 6) is 1.69. The van der Waals surface area contributed by atoms with Gasteiger partial charge in [0.25, 0.3) is 5.91 Å². The quantitative estimate of drug-likeness (QED) is 0.284. The van der Waals surface area contributed by atoms with Crippen molar-refractivity contribution in [2.75, 3.05) is 19.8 Å². The number of halogens is 1. The number of hydrogen-bond donors (Lipinski definition) is 1. The third-order valence-corrected chi connectivity index (χ3v) is 6.06. The van der Waals surface area contributed by atoms with Crippen LogP contribution in [0.25, 0.3) is 6.08 Å². The number of thioether (sulfide) groups is 1. The summed E-state index contributed by atoms with van der Waals surface area (Å²) in [4.78, 5) is 12.4. The molecule has 31 heavy (non-hydrogen) atoms. The molecule has 1 amide bonds. The molecule has 0 atom stereocenters. The molecule has 1 saturated heterocycles. The number of aryl methyl sites for hydroxylation is 1. The first-order valence-electron chi connectivity index (χ1n) is 9.92. The van der Waals surface area contributed by atoms with Crippen LogP contribution < -0.4 is 19.5 Å². The van der Waals surface area contributed by atoms with Gasteiger partial charge in [-0.05, 0) is 61.7 Å². The van der Waals surface area contributed by atoms with E-state index in [1.807, 2.05) is 26.0 Å². The van der Waals surface area contributed by atoms with E-state index in [-0.39, 0.29) is 5.91 Å². The molecule has 0 radical (unpaired) electrons. The zero-order valence-electron chi connectivity index (χ0n) is 17.6. The standard InChI is InChI=1S/C23H24ClNO4S2/c1-4-27-19-12-16(13-20-22(26)25-23(30)31-20)11-17(24)21(19)29-10-6-9-28-18-8-5-7-14(2)15(18)3/h5,7-8,11-13H,4,6,9-10H2,1-3H3,(H,25,26,30)/b20-13+. The first-order chi connectivity index (χ1) is 14.9. The topological polar surface area (TPSA) is 56.8 Å². The lowest BCUT2D eigenvalue weighted by atomic mass is 10.1. The van der Waals surface area contributed by atoms with E-state index >= 15 is 0 Å². The van der Waals surface area contributed by atoms with Crippen LogP contribution >= 0.6 is 35.6 Å². The Morgan fingerprint density at radius 1 is 1.13 bits per heavy atom. The summed E-state index contributed by atoms with van der Waals surface area (Å²) in [7, 11) is 0. The van der Waals surface area contributed by atoms with Gasteiger partial charge in [-0.15, -0.1) is 0 Å². The van der Waals surface area contributed by atoms with Gasteiger partial charge < -0.3 is 19.5 Å². The molecule has 1 N–H and O–H groups in total. The highest BCUT2D eigenvalue weighted by Gasteiger charge is 2.22. The summed E-state index contributed by atoms with van der Waals surface area (Å²) in [5, 5.41) is 3.01. The molecule has 0 unspecified atom stereocenters. The zero-order valence-corrected chi connectivity index (χ0v) is 20.0. The van der Waals surface area contributed by atoms with Crippen LogP contribution in [0.2, 0.25) is 5.02 Å². The molecule has 0 aromatic heterocycles. The molecule has 2 aromatic rings. The summed E-state index contributed by atoms with van der Waals surface area (Å²) in [6.45, 7) is 7.42. The van der Waals surface area contributed by atoms with Crippen LogP contribution in [-0.4, -0.2) is 30.0 Å². The lowest BCUT2D eigenvalue weighted by molar-refractivity contribution is -0.115. The second-order valence-electron chi connectivity index (χ2n) is 6.86. The maximum atomic E-state index is 11.9. The maximum absolute atomic E-state index is 11.9. The number of thiocarbonyl (C=S) groups is 1. The average Bonchev–Trinajstić information content (AvgIpc) is 3.03. The minimum atomic E-state index is -0.215. The number of nitrogens with one attached hydrogen (secondary N) is 1. The van der Waals surface area contributed by atoms with Gasteiger partial charge in [-0.1, -0.05) is 47.7 Å². The lowest BCUT2D eigenvalue weighted by Gasteiger charge is -2.15. The fraction of sp³-hybridized carbons (Fsp3) is 0.304. The van der Waals surface area contributed by atoms with E-state index in [1.54, 1.807) is 18.2 Å². The monoisotopic (exact) mass is 477 g/mol. The second kappa shape index (κ2) is 10.9. The van der Waals surface area contributed by atoms with Crippen molar-refractivity contribution in [3.05, 3.63) is 56.9 Å². The Labute approximate surface area is 197 Å². The van der Waals surface area contributed by atoms with Crippen LogP contribution in [0.3, 0.4) is 0 Å². The molecule has 1 aliphatic heterocycles. The molecule has 2 aromatic carbocycles. The Morgan fingerprint density at radius 2 is 1.90 bits per heavy atom. The van der Waals surface area contributed by atoms with Gasteiger partial charge in [0.15, 0.2) is 11.5 Å². The number of hydrogen-bond acceptors (Lipinski definition) is 6. The van der Waals surface area contributed by atoms with Crippen LogP contribution in [0.15, 0.2) is 35.2 Å². The average molecular weight is 478 g/mol. The minimum Gasteiger partial charge on any atom is -0.493 e. The normalized spacial score (nSPS) is 14.6. The highest BCUT2D eigenvalue weighted by Crippen LogP contribution is 2.38. The van der Waals surface area contributed by atoms with Crippen LogP contribution in [-0.2, 0) is 4.79 Å². The van der Waals surface area contributed by atoms with Gasteiger partial charge in [0.1, 0.15) is 10.1 Å². The Hall–Kier alpha value is -2.22. The van der Waals surface area contributed by atoms with E-state index in [4.69, 9.17) is 38.0 Å². The molecule has 3 rings (SSSR count). The Balaban J connectivity index is 1.64. The van der Waals surface area contributed by atoms with E-state index < -0.39 is 0 Å². The van der Waals surface area contributed by atoms with Crippen molar-refractivity contribution in [1.29, 1.82) is 0 Å². The molecule has 5 nitrogen and oxygen atoms in total. The predicted octanol–water partition coefficient (Wildman–Crippen LogP) is 5.69. The molecular formula is C23H24ClNO4S2. The van der Waals surface area contributed by atoms with E-state index in [9.17, 15) is 4.79 Å². The summed E-state index contributed by atoms with van der Waals surface area (Å²) in [6, 6.07) is 9.57. The molecule has 0 saturated carbocycles. The van der Waals surface area contributed by atoms with Crippen molar-refractivity contribution in [3.63, 3.8) is 0 Å². The van der Waals surface area contributed by atoms with Gasteiger partial charge in [-0.2, -0.15) is 0 Å². The molecule has 1 aliphatic rings. The lowest BCUT2D eigenvalue weighted by Crippen LogP contribution is -2.17. The fourth-order valence-corrected chi connectivity index (χ4v) is 4.26. The summed E-state index contributed by atoms with van der Waals surface area (Å²) in [6.07, 6.45) is 2.42. The van der Waals surface area contributed by atoms with Crippen LogP contribution in [0.4, 0.5) is 0 Å². The summed E-state index contributed by atoms with van der Waals surface area (Å²) < 4.78 is 17.9. The highest BCUT2D eigenvalue weighted by molar-refractivity contribution is 8.26. The van der Waals surface area contributed by atoms with E-state index in [2.05, 4.69) is 18.3 Å². The van der Waals surface area contributed by atoms with Crippen LogP contribution in [0.5, 0.6) is 17.2 Å². The molecular weight excluding hydrogens is 454 g/mol. The number of carbonyl (C=O) groups excluding carboxylic acids is 1. The summed E-state index contributed by atoms with van der Waals surface area (Å²) >= 11 is 12.7. The molecule has 0 spiro atoms. The molecule has 8 heteroatoms.